The Balaban J connectivity index is 1.45. The van der Waals surface area contributed by atoms with Gasteiger partial charge in [0.1, 0.15) is 5.84 Å². The van der Waals surface area contributed by atoms with Crippen LogP contribution in [0.3, 0.4) is 0 Å². The number of anilines is 1. The van der Waals surface area contributed by atoms with E-state index in [-0.39, 0.29) is 24.2 Å². The average Bonchev–Trinajstić information content (AvgIpc) is 3.68. The highest BCUT2D eigenvalue weighted by Crippen LogP contribution is 2.41. The number of nitrogen functional groups attached to an aromatic ring is 1. The number of carbonyl (C=O) groups excluding carboxylic acids is 2. The monoisotopic (exact) mass is 594 g/mol. The number of nitrogens with one attached hydrogen (secondary N) is 3. The largest absolute Gasteiger partial charge is 0.417 e. The van der Waals surface area contributed by atoms with E-state index >= 15 is 0 Å². The fourth-order valence-electron chi connectivity index (χ4n) is 5.37. The summed E-state index contributed by atoms with van der Waals surface area (Å²) in [5.74, 6) is -1.67. The summed E-state index contributed by atoms with van der Waals surface area (Å²) in [6, 6.07) is 8.19. The van der Waals surface area contributed by atoms with Crippen molar-refractivity contribution < 1.29 is 35.9 Å². The number of nitrogens with two attached hydrogens (primary N) is 1. The number of hydrogen-bond acceptors (Lipinski definition) is 7. The predicted octanol–water partition coefficient (Wildman–Crippen LogP) is 3.76. The van der Waals surface area contributed by atoms with E-state index in [1.165, 1.54) is 6.07 Å². The van der Waals surface area contributed by atoms with E-state index < -0.39 is 80.0 Å². The number of amides is 1. The molecule has 13 heteroatoms. The van der Waals surface area contributed by atoms with Crippen LogP contribution in [0.25, 0.3) is 0 Å². The molecule has 222 valence electrons. The summed E-state index contributed by atoms with van der Waals surface area (Å²) in [5, 5.41) is 11.9. The van der Waals surface area contributed by atoms with E-state index in [1.807, 2.05) is 0 Å². The summed E-state index contributed by atoms with van der Waals surface area (Å²) < 4.78 is 74.6. The SMILES string of the molecule is CC(c1ccc(S(=O)(=O)C2C[C@@H](C)O[C@@H](C)C2)c(C(F)(F)F)c1)C1NC1C(=O)CC(=O)Nc1ccc(C(=N)N)cc1. The lowest BCUT2D eigenvalue weighted by molar-refractivity contribution is -0.140. The van der Waals surface area contributed by atoms with Crippen LogP contribution in [0.1, 0.15) is 62.6 Å². The molecule has 2 aromatic carbocycles. The molecule has 4 unspecified atom stereocenters. The molecule has 4 rings (SSSR count). The van der Waals surface area contributed by atoms with Gasteiger partial charge in [0.15, 0.2) is 15.6 Å². The van der Waals surface area contributed by atoms with Gasteiger partial charge in [0, 0.05) is 17.3 Å². The van der Waals surface area contributed by atoms with Crippen LogP contribution in [-0.2, 0) is 30.3 Å². The number of amidine groups is 1. The first-order chi connectivity index (χ1) is 19.1. The van der Waals surface area contributed by atoms with Crippen molar-refractivity contribution in [2.24, 2.45) is 5.73 Å². The van der Waals surface area contributed by atoms with Gasteiger partial charge in [-0.1, -0.05) is 13.0 Å². The van der Waals surface area contributed by atoms with Crippen molar-refractivity contribution >= 4 is 33.1 Å². The quantitative estimate of drug-likeness (QED) is 0.149. The maximum absolute atomic E-state index is 14.1. The van der Waals surface area contributed by atoms with Gasteiger partial charge >= 0.3 is 6.18 Å². The molecule has 5 N–H and O–H groups in total. The van der Waals surface area contributed by atoms with Crippen molar-refractivity contribution in [2.45, 2.75) is 86.6 Å². The minimum absolute atomic E-state index is 0.106. The maximum Gasteiger partial charge on any atom is 0.417 e. The predicted molar refractivity (Wildman–Crippen MR) is 146 cm³/mol. The smallest absolute Gasteiger partial charge is 0.384 e. The molecule has 2 aromatic rings. The van der Waals surface area contributed by atoms with E-state index in [0.717, 1.165) is 12.1 Å². The highest BCUT2D eigenvalue weighted by molar-refractivity contribution is 7.92. The van der Waals surface area contributed by atoms with Gasteiger partial charge in [-0.2, -0.15) is 13.2 Å². The first kappa shape index (κ1) is 30.7. The van der Waals surface area contributed by atoms with Crippen LogP contribution in [0.15, 0.2) is 47.4 Å². The molecule has 0 radical (unpaired) electrons. The van der Waals surface area contributed by atoms with Crippen molar-refractivity contribution in [1.29, 1.82) is 5.41 Å². The molecule has 2 aliphatic heterocycles. The first-order valence-electron chi connectivity index (χ1n) is 13.2. The van der Waals surface area contributed by atoms with Crippen LogP contribution in [0.4, 0.5) is 18.9 Å². The van der Waals surface area contributed by atoms with E-state index in [1.54, 1.807) is 45.0 Å². The van der Waals surface area contributed by atoms with Gasteiger partial charge < -0.3 is 21.1 Å². The summed E-state index contributed by atoms with van der Waals surface area (Å²) in [5.41, 5.74) is 5.30. The number of rotatable bonds is 9. The Morgan fingerprint density at radius 3 is 2.29 bits per heavy atom. The molecule has 2 heterocycles. The standard InChI is InChI=1S/C28H33F3N4O5S/c1-14-10-20(11-15(2)40-14)41(38,39)23-9-6-18(12-21(23)28(29,30)31)16(3)25-26(35-25)22(36)13-24(37)34-19-7-4-17(5-8-19)27(32)33/h4-9,12,14-16,20,25-26,35H,10-11,13H2,1-3H3,(H3,32,33)(H,34,37)/t14-,15+,16?,20?,25?,26?. The van der Waals surface area contributed by atoms with Gasteiger partial charge in [0.25, 0.3) is 0 Å². The molecular formula is C28H33F3N4O5S. The van der Waals surface area contributed by atoms with Crippen molar-refractivity contribution in [3.8, 4) is 0 Å². The van der Waals surface area contributed by atoms with Crippen LogP contribution in [0.2, 0.25) is 0 Å². The lowest BCUT2D eigenvalue weighted by Gasteiger charge is -2.32. The number of carbonyl (C=O) groups is 2. The van der Waals surface area contributed by atoms with Crippen LogP contribution < -0.4 is 16.4 Å². The Morgan fingerprint density at radius 1 is 1.12 bits per heavy atom. The fourth-order valence-corrected chi connectivity index (χ4v) is 7.52. The van der Waals surface area contributed by atoms with Crippen molar-refractivity contribution in [3.05, 3.63) is 59.2 Å². The second-order valence-corrected chi connectivity index (χ2v) is 13.0. The van der Waals surface area contributed by atoms with Gasteiger partial charge in [-0.25, -0.2) is 8.42 Å². The third-order valence-electron chi connectivity index (χ3n) is 7.56. The Bertz CT molecular complexity index is 1440. The van der Waals surface area contributed by atoms with E-state index in [0.29, 0.717) is 11.3 Å². The number of Topliss-reactive ketones (excluding diaryl/α,β-unsaturated/α-hetero) is 1. The zero-order valence-electron chi connectivity index (χ0n) is 22.8. The number of benzene rings is 2. The van der Waals surface area contributed by atoms with Crippen molar-refractivity contribution in [2.75, 3.05) is 5.32 Å². The summed E-state index contributed by atoms with van der Waals surface area (Å²) in [4.78, 5) is 24.3. The topological polar surface area (TPSA) is 161 Å². The van der Waals surface area contributed by atoms with E-state index in [9.17, 15) is 31.2 Å². The average molecular weight is 595 g/mol. The molecule has 0 bridgehead atoms. The molecule has 9 nitrogen and oxygen atoms in total. The molecule has 41 heavy (non-hydrogen) atoms. The van der Waals surface area contributed by atoms with Gasteiger partial charge in [-0.15, -0.1) is 0 Å². The third kappa shape index (κ3) is 6.96. The Labute approximate surface area is 236 Å². The summed E-state index contributed by atoms with van der Waals surface area (Å²) in [6.45, 7) is 5.04. The first-order valence-corrected chi connectivity index (χ1v) is 14.8. The molecule has 2 fully saturated rings. The molecule has 0 aromatic heterocycles. The van der Waals surface area contributed by atoms with Gasteiger partial charge in [-0.05, 0) is 74.6 Å². The Hall–Kier alpha value is -3.29. The van der Waals surface area contributed by atoms with E-state index in [2.05, 4.69) is 10.6 Å². The minimum Gasteiger partial charge on any atom is -0.384 e. The summed E-state index contributed by atoms with van der Waals surface area (Å²) in [7, 11) is -4.29. The van der Waals surface area contributed by atoms with Crippen molar-refractivity contribution in [1.82, 2.24) is 5.32 Å². The van der Waals surface area contributed by atoms with Gasteiger partial charge in [-0.3, -0.25) is 15.0 Å². The lowest BCUT2D eigenvalue weighted by Crippen LogP contribution is -2.37. The van der Waals surface area contributed by atoms with E-state index in [4.69, 9.17) is 15.9 Å². The number of ketones is 1. The number of alkyl halides is 3. The van der Waals surface area contributed by atoms with Crippen molar-refractivity contribution in [3.63, 3.8) is 0 Å². The lowest BCUT2D eigenvalue weighted by atomic mass is 9.93. The van der Waals surface area contributed by atoms with Crippen LogP contribution in [-0.4, -0.2) is 55.5 Å². The maximum atomic E-state index is 14.1. The zero-order chi connectivity index (χ0) is 30.3. The Morgan fingerprint density at radius 2 is 1.73 bits per heavy atom. The van der Waals surface area contributed by atoms with Crippen LogP contribution >= 0.6 is 0 Å². The highest BCUT2D eigenvalue weighted by atomic mass is 32.2. The number of ether oxygens (including phenoxy) is 1. The molecule has 0 spiro atoms. The summed E-state index contributed by atoms with van der Waals surface area (Å²) in [6.07, 6.45) is -5.92. The highest BCUT2D eigenvalue weighted by Gasteiger charge is 2.47. The second-order valence-electron chi connectivity index (χ2n) is 10.8. The number of hydrogen-bond donors (Lipinski definition) is 4. The number of halogens is 3. The summed E-state index contributed by atoms with van der Waals surface area (Å²) >= 11 is 0. The molecular weight excluding hydrogens is 561 g/mol. The number of sulfone groups is 1. The Kier molecular flexibility index (Phi) is 8.63. The molecule has 2 aliphatic rings. The molecule has 1 amide bonds. The van der Waals surface area contributed by atoms with Crippen LogP contribution in [0, 0.1) is 5.41 Å². The molecule has 0 aliphatic carbocycles. The molecule has 2 saturated heterocycles. The third-order valence-corrected chi connectivity index (χ3v) is 9.79. The minimum atomic E-state index is -4.91. The molecule has 6 atom stereocenters. The molecule has 0 saturated carbocycles. The second kappa shape index (κ2) is 11.5. The fraction of sp³-hybridized carbons (Fsp3) is 0.464. The van der Waals surface area contributed by atoms with Crippen LogP contribution in [0.5, 0.6) is 0 Å². The van der Waals surface area contributed by atoms with Gasteiger partial charge in [0.2, 0.25) is 5.91 Å². The van der Waals surface area contributed by atoms with Gasteiger partial charge in [0.05, 0.1) is 40.4 Å². The zero-order valence-corrected chi connectivity index (χ0v) is 23.6. The normalized spacial score (nSPS) is 25.3.